The van der Waals surface area contributed by atoms with Crippen LogP contribution in [0.2, 0.25) is 5.02 Å². The van der Waals surface area contributed by atoms with Crippen LogP contribution >= 0.6 is 11.6 Å². The van der Waals surface area contributed by atoms with Gasteiger partial charge in [-0.3, -0.25) is 0 Å². The minimum Gasteiger partial charge on any atom is -0.465 e. The van der Waals surface area contributed by atoms with Crippen LogP contribution in [0, 0.1) is 0 Å². The minimum atomic E-state index is -3.87. The molecule has 0 unspecified atom stereocenters. The van der Waals surface area contributed by atoms with Crippen molar-refractivity contribution in [3.8, 4) is 0 Å². The van der Waals surface area contributed by atoms with Crippen LogP contribution in [0.3, 0.4) is 0 Å². The van der Waals surface area contributed by atoms with Gasteiger partial charge < -0.3 is 9.47 Å². The first-order chi connectivity index (χ1) is 10.3. The number of hydrogen-bond donors (Lipinski definition) is 0. The molecule has 1 fully saturated rings. The summed E-state index contributed by atoms with van der Waals surface area (Å²) in [6.45, 7) is 4.05. The van der Waals surface area contributed by atoms with Gasteiger partial charge in [-0.25, -0.2) is 13.2 Å². The summed E-state index contributed by atoms with van der Waals surface area (Å²) in [5, 5.41) is 0.237. The molecule has 1 aliphatic rings. The van der Waals surface area contributed by atoms with Crippen molar-refractivity contribution < 1.29 is 22.7 Å². The largest absolute Gasteiger partial charge is 0.465 e. The van der Waals surface area contributed by atoms with E-state index in [1.807, 2.05) is 0 Å². The fourth-order valence-electron chi connectivity index (χ4n) is 2.45. The molecule has 0 amide bonds. The number of morpholine rings is 1. The predicted octanol–water partition coefficient (Wildman–Crippen LogP) is 1.92. The SMILES string of the molecule is COC(=O)c1ccc(Cl)cc1S(=O)(=O)N1C[C@@H](C)O[C@H](C)C1. The lowest BCUT2D eigenvalue weighted by Crippen LogP contribution is -2.48. The van der Waals surface area contributed by atoms with Gasteiger partial charge in [0.25, 0.3) is 0 Å². The van der Waals surface area contributed by atoms with Crippen molar-refractivity contribution in [2.45, 2.75) is 31.0 Å². The smallest absolute Gasteiger partial charge is 0.339 e. The molecule has 0 N–H and O–H groups in total. The highest BCUT2D eigenvalue weighted by Gasteiger charge is 2.34. The summed E-state index contributed by atoms with van der Waals surface area (Å²) in [5.74, 6) is -0.718. The summed E-state index contributed by atoms with van der Waals surface area (Å²) in [6, 6.07) is 4.08. The highest BCUT2D eigenvalue weighted by atomic mass is 35.5. The predicted molar refractivity (Wildman–Crippen MR) is 81.6 cm³/mol. The Bertz CT molecular complexity index is 666. The van der Waals surface area contributed by atoms with Crippen molar-refractivity contribution in [1.82, 2.24) is 4.31 Å². The number of rotatable bonds is 3. The number of sulfonamides is 1. The van der Waals surface area contributed by atoms with E-state index in [9.17, 15) is 13.2 Å². The maximum atomic E-state index is 12.9. The van der Waals surface area contributed by atoms with Gasteiger partial charge in [-0.05, 0) is 32.0 Å². The van der Waals surface area contributed by atoms with Crippen molar-refractivity contribution in [2.24, 2.45) is 0 Å². The van der Waals surface area contributed by atoms with Crippen LogP contribution in [-0.4, -0.2) is 51.1 Å². The first kappa shape index (κ1) is 17.2. The number of hydrogen-bond acceptors (Lipinski definition) is 5. The Balaban J connectivity index is 2.49. The molecule has 1 aromatic carbocycles. The van der Waals surface area contributed by atoms with Crippen molar-refractivity contribution in [3.05, 3.63) is 28.8 Å². The molecule has 0 bridgehead atoms. The monoisotopic (exact) mass is 347 g/mol. The summed E-state index contributed by atoms with van der Waals surface area (Å²) in [4.78, 5) is 11.7. The van der Waals surface area contributed by atoms with Crippen molar-refractivity contribution in [1.29, 1.82) is 0 Å². The van der Waals surface area contributed by atoms with Gasteiger partial charge in [0.05, 0.1) is 29.8 Å². The maximum Gasteiger partial charge on any atom is 0.339 e. The molecular formula is C14H18ClNO5S. The quantitative estimate of drug-likeness (QED) is 0.781. The number of methoxy groups -OCH3 is 1. The maximum absolute atomic E-state index is 12.9. The fraction of sp³-hybridized carbons (Fsp3) is 0.500. The Labute approximate surface area is 135 Å². The third-order valence-electron chi connectivity index (χ3n) is 3.35. The van der Waals surface area contributed by atoms with E-state index in [1.54, 1.807) is 13.8 Å². The molecule has 122 valence electrons. The van der Waals surface area contributed by atoms with Crippen LogP contribution in [0.5, 0.6) is 0 Å². The Morgan fingerprint density at radius 2 is 1.91 bits per heavy atom. The van der Waals surface area contributed by atoms with Crippen LogP contribution in [0.15, 0.2) is 23.1 Å². The molecular weight excluding hydrogens is 330 g/mol. The molecule has 0 radical (unpaired) electrons. The standard InChI is InChI=1S/C14H18ClNO5S/c1-9-7-16(8-10(2)21-9)22(18,19)13-6-11(15)4-5-12(13)14(17)20-3/h4-6,9-10H,7-8H2,1-3H3/t9-,10-/m1/s1. The zero-order chi connectivity index (χ0) is 16.5. The van der Waals surface area contributed by atoms with Gasteiger partial charge in [-0.15, -0.1) is 0 Å². The molecule has 22 heavy (non-hydrogen) atoms. The Hall–Kier alpha value is -1.15. The lowest BCUT2D eigenvalue weighted by atomic mass is 10.2. The molecule has 2 atom stereocenters. The number of carbonyl (C=O) groups is 1. The van der Waals surface area contributed by atoms with E-state index < -0.39 is 16.0 Å². The van der Waals surface area contributed by atoms with Crippen LogP contribution in [0.4, 0.5) is 0 Å². The summed E-state index contributed by atoms with van der Waals surface area (Å²) in [6.07, 6.45) is -0.446. The number of esters is 1. The molecule has 6 nitrogen and oxygen atoms in total. The van der Waals surface area contributed by atoms with E-state index in [2.05, 4.69) is 4.74 Å². The van der Waals surface area contributed by atoms with Crippen LogP contribution in [0.25, 0.3) is 0 Å². The van der Waals surface area contributed by atoms with Crippen molar-refractivity contribution >= 4 is 27.6 Å². The summed E-state index contributed by atoms with van der Waals surface area (Å²) < 4.78 is 37.3. The van der Waals surface area contributed by atoms with Gasteiger partial charge >= 0.3 is 5.97 Å². The number of halogens is 1. The second-order valence-corrected chi connectivity index (χ2v) is 7.55. The van der Waals surface area contributed by atoms with Crippen LogP contribution < -0.4 is 0 Å². The van der Waals surface area contributed by atoms with Gasteiger partial charge in [-0.1, -0.05) is 11.6 Å². The molecule has 2 rings (SSSR count). The molecule has 0 aromatic heterocycles. The summed E-state index contributed by atoms with van der Waals surface area (Å²) in [5.41, 5.74) is -0.0290. The second-order valence-electron chi connectivity index (χ2n) is 5.21. The summed E-state index contributed by atoms with van der Waals surface area (Å²) in [7, 11) is -2.67. The molecule has 1 aromatic rings. The molecule has 0 saturated carbocycles. The average Bonchev–Trinajstić information content (AvgIpc) is 2.45. The van der Waals surface area contributed by atoms with E-state index in [1.165, 1.54) is 29.6 Å². The zero-order valence-corrected chi connectivity index (χ0v) is 14.1. The van der Waals surface area contributed by atoms with Crippen LogP contribution in [-0.2, 0) is 19.5 Å². The Kier molecular flexibility index (Phi) is 5.11. The van der Waals surface area contributed by atoms with Crippen molar-refractivity contribution in [3.63, 3.8) is 0 Å². The molecule has 0 spiro atoms. The Morgan fingerprint density at radius 3 is 2.45 bits per heavy atom. The third-order valence-corrected chi connectivity index (χ3v) is 5.46. The van der Waals surface area contributed by atoms with Gasteiger partial charge in [0.1, 0.15) is 0 Å². The van der Waals surface area contributed by atoms with Gasteiger partial charge in [0, 0.05) is 18.1 Å². The molecule has 1 heterocycles. The van der Waals surface area contributed by atoms with E-state index in [0.29, 0.717) is 0 Å². The first-order valence-electron chi connectivity index (χ1n) is 6.79. The van der Waals surface area contributed by atoms with Gasteiger partial charge in [0.15, 0.2) is 0 Å². The number of nitrogens with zero attached hydrogens (tertiary/aromatic N) is 1. The van der Waals surface area contributed by atoms with E-state index in [-0.39, 0.29) is 40.8 Å². The lowest BCUT2D eigenvalue weighted by molar-refractivity contribution is -0.0440. The van der Waals surface area contributed by atoms with E-state index in [0.717, 1.165) is 0 Å². The zero-order valence-electron chi connectivity index (χ0n) is 12.6. The van der Waals surface area contributed by atoms with Crippen LogP contribution in [0.1, 0.15) is 24.2 Å². The van der Waals surface area contributed by atoms with E-state index in [4.69, 9.17) is 16.3 Å². The van der Waals surface area contributed by atoms with E-state index >= 15 is 0 Å². The normalized spacial score (nSPS) is 23.3. The third kappa shape index (κ3) is 3.43. The average molecular weight is 348 g/mol. The summed E-state index contributed by atoms with van der Waals surface area (Å²) >= 11 is 5.91. The number of ether oxygens (including phenoxy) is 2. The van der Waals surface area contributed by atoms with Gasteiger partial charge in [0.2, 0.25) is 10.0 Å². The lowest BCUT2D eigenvalue weighted by Gasteiger charge is -2.34. The highest BCUT2D eigenvalue weighted by molar-refractivity contribution is 7.89. The molecule has 1 saturated heterocycles. The van der Waals surface area contributed by atoms with Gasteiger partial charge in [-0.2, -0.15) is 4.31 Å². The second kappa shape index (κ2) is 6.54. The molecule has 8 heteroatoms. The highest BCUT2D eigenvalue weighted by Crippen LogP contribution is 2.27. The molecule has 1 aliphatic heterocycles. The van der Waals surface area contributed by atoms with Crippen molar-refractivity contribution in [2.75, 3.05) is 20.2 Å². The topological polar surface area (TPSA) is 72.9 Å². The Morgan fingerprint density at radius 1 is 1.32 bits per heavy atom. The fourth-order valence-corrected chi connectivity index (χ4v) is 4.49. The number of benzene rings is 1. The molecule has 0 aliphatic carbocycles. The first-order valence-corrected chi connectivity index (χ1v) is 8.61. The number of carbonyl (C=O) groups excluding carboxylic acids is 1. The minimum absolute atomic E-state index is 0.0290.